The first-order valence-electron chi connectivity index (χ1n) is 10.8. The van der Waals surface area contributed by atoms with Gasteiger partial charge in [0.25, 0.3) is 11.8 Å². The molecule has 3 aromatic rings. The molecule has 0 spiro atoms. The second-order valence-corrected chi connectivity index (χ2v) is 7.92. The normalized spacial score (nSPS) is 12.8. The van der Waals surface area contributed by atoms with Crippen LogP contribution in [0.25, 0.3) is 17.2 Å². The van der Waals surface area contributed by atoms with Gasteiger partial charge in [-0.25, -0.2) is 4.39 Å². The molecule has 0 saturated carbocycles. The number of carbonyl (C=O) groups excluding carboxylic acids is 2. The lowest BCUT2D eigenvalue weighted by molar-refractivity contribution is 0.0794. The Morgan fingerprint density at radius 1 is 1.15 bits per heavy atom. The maximum absolute atomic E-state index is 13.4. The number of halogens is 1. The van der Waals surface area contributed by atoms with Crippen LogP contribution in [0.5, 0.6) is 0 Å². The van der Waals surface area contributed by atoms with Crippen LogP contribution >= 0.6 is 0 Å². The molecule has 0 saturated heterocycles. The zero-order chi connectivity index (χ0) is 24.2. The smallest absolute Gasteiger partial charge is 0.256 e. The lowest BCUT2D eigenvalue weighted by Gasteiger charge is -2.15. The van der Waals surface area contributed by atoms with Crippen LogP contribution in [-0.2, 0) is 6.54 Å². The van der Waals surface area contributed by atoms with Gasteiger partial charge in [0.05, 0.1) is 18.2 Å². The first kappa shape index (κ1) is 22.7. The summed E-state index contributed by atoms with van der Waals surface area (Å²) < 4.78 is 13.2. The molecule has 2 amide bonds. The third kappa shape index (κ3) is 4.39. The fourth-order valence-corrected chi connectivity index (χ4v) is 4.13. The molecule has 170 valence electrons. The molecule has 0 aliphatic carbocycles. The predicted molar refractivity (Wildman–Crippen MR) is 130 cm³/mol. The zero-order valence-corrected chi connectivity index (χ0v) is 18.9. The van der Waals surface area contributed by atoms with E-state index in [9.17, 15) is 19.2 Å². The third-order valence-corrected chi connectivity index (χ3v) is 5.81. The van der Waals surface area contributed by atoms with Crippen LogP contribution in [0.1, 0.15) is 31.8 Å². The maximum atomic E-state index is 13.4. The molecular weight excluding hydrogens is 431 g/mol. The number of hydrogen-bond donors (Lipinski definition) is 2. The van der Waals surface area contributed by atoms with Crippen molar-refractivity contribution in [3.05, 3.63) is 94.3 Å². The quantitative estimate of drug-likeness (QED) is 0.539. The Kier molecular flexibility index (Phi) is 6.42. The van der Waals surface area contributed by atoms with Crippen LogP contribution in [0.3, 0.4) is 0 Å². The number of rotatable bonds is 6. The van der Waals surface area contributed by atoms with Gasteiger partial charge in [-0.05, 0) is 58.7 Å². The van der Waals surface area contributed by atoms with E-state index < -0.39 is 0 Å². The Morgan fingerprint density at radius 2 is 1.91 bits per heavy atom. The monoisotopic (exact) mass is 454 g/mol. The summed E-state index contributed by atoms with van der Waals surface area (Å²) in [5.74, 6) is -0.718. The van der Waals surface area contributed by atoms with Crippen molar-refractivity contribution < 1.29 is 14.0 Å². The van der Waals surface area contributed by atoms with Gasteiger partial charge in [-0.3, -0.25) is 9.59 Å². The van der Waals surface area contributed by atoms with Crippen LogP contribution in [0.2, 0.25) is 0 Å². The molecule has 0 aromatic heterocycles. The van der Waals surface area contributed by atoms with E-state index in [-0.39, 0.29) is 24.2 Å². The van der Waals surface area contributed by atoms with Crippen molar-refractivity contribution in [1.82, 2.24) is 10.2 Å². The van der Waals surface area contributed by atoms with Gasteiger partial charge in [0.1, 0.15) is 5.82 Å². The maximum Gasteiger partial charge on any atom is 0.256 e. The molecule has 1 aliphatic heterocycles. The molecular formula is C27H23FN4O2. The Morgan fingerprint density at radius 3 is 2.59 bits per heavy atom. The van der Waals surface area contributed by atoms with Crippen LogP contribution < -0.4 is 10.6 Å². The van der Waals surface area contributed by atoms with Gasteiger partial charge in [-0.1, -0.05) is 30.3 Å². The van der Waals surface area contributed by atoms with E-state index in [4.69, 9.17) is 0 Å². The fourth-order valence-electron chi connectivity index (χ4n) is 4.13. The topological polar surface area (TPSA) is 85.2 Å². The van der Waals surface area contributed by atoms with E-state index in [1.807, 2.05) is 24.3 Å². The SMILES string of the molecule is CNC(=O)c1cccc(-c2ccc(NC)c3c2CN(C/C(C#N)=C/c2ccc(F)cc2)C3=O)c1. The summed E-state index contributed by atoms with van der Waals surface area (Å²) in [5.41, 5.74) is 5.39. The van der Waals surface area contributed by atoms with Crippen molar-refractivity contribution in [3.63, 3.8) is 0 Å². The van der Waals surface area contributed by atoms with Crippen LogP contribution in [0.4, 0.5) is 10.1 Å². The average molecular weight is 455 g/mol. The number of nitrogens with zero attached hydrogens (tertiary/aromatic N) is 2. The Bertz CT molecular complexity index is 1340. The summed E-state index contributed by atoms with van der Waals surface area (Å²) in [6.07, 6.45) is 1.66. The summed E-state index contributed by atoms with van der Waals surface area (Å²) in [6, 6.07) is 19.0. The highest BCUT2D eigenvalue weighted by Gasteiger charge is 2.32. The number of amides is 2. The molecule has 0 radical (unpaired) electrons. The van der Waals surface area contributed by atoms with Gasteiger partial charge in [0, 0.05) is 37.5 Å². The Balaban J connectivity index is 1.69. The van der Waals surface area contributed by atoms with Crippen molar-refractivity contribution in [1.29, 1.82) is 5.26 Å². The van der Waals surface area contributed by atoms with Crippen molar-refractivity contribution in [2.24, 2.45) is 0 Å². The Hall–Kier alpha value is -4.44. The van der Waals surface area contributed by atoms with Crippen molar-refractivity contribution in [2.45, 2.75) is 6.54 Å². The number of hydrogen-bond acceptors (Lipinski definition) is 4. The molecule has 4 rings (SSSR count). The minimum atomic E-state index is -0.353. The van der Waals surface area contributed by atoms with Crippen molar-refractivity contribution in [3.8, 4) is 17.2 Å². The molecule has 1 aliphatic rings. The number of nitrogens with one attached hydrogen (secondary N) is 2. The van der Waals surface area contributed by atoms with E-state index in [0.717, 1.165) is 16.7 Å². The first-order chi connectivity index (χ1) is 16.4. The molecule has 6 nitrogen and oxygen atoms in total. The predicted octanol–water partition coefficient (Wildman–Crippen LogP) is 4.46. The third-order valence-electron chi connectivity index (χ3n) is 5.81. The minimum absolute atomic E-state index is 0.127. The van der Waals surface area contributed by atoms with E-state index in [2.05, 4.69) is 16.7 Å². The first-order valence-corrected chi connectivity index (χ1v) is 10.8. The van der Waals surface area contributed by atoms with Gasteiger partial charge in [0.2, 0.25) is 0 Å². The number of anilines is 1. The molecule has 34 heavy (non-hydrogen) atoms. The Labute approximate surface area is 197 Å². The molecule has 0 bridgehead atoms. The lowest BCUT2D eigenvalue weighted by atomic mass is 9.94. The van der Waals surface area contributed by atoms with Crippen LogP contribution in [0.15, 0.2) is 66.2 Å². The summed E-state index contributed by atoms with van der Waals surface area (Å²) in [7, 11) is 3.34. The van der Waals surface area contributed by atoms with Crippen molar-refractivity contribution >= 4 is 23.6 Å². The van der Waals surface area contributed by atoms with Gasteiger partial charge >= 0.3 is 0 Å². The van der Waals surface area contributed by atoms with Gasteiger partial charge in [-0.2, -0.15) is 5.26 Å². The number of carbonyl (C=O) groups is 2. The highest BCUT2D eigenvalue weighted by molar-refractivity contribution is 6.06. The molecule has 0 fully saturated rings. The van der Waals surface area contributed by atoms with Gasteiger partial charge < -0.3 is 15.5 Å². The summed E-state index contributed by atoms with van der Waals surface area (Å²) in [4.78, 5) is 27.1. The molecule has 0 unspecified atom stereocenters. The second-order valence-electron chi connectivity index (χ2n) is 7.92. The van der Waals surface area contributed by atoms with E-state index in [1.165, 1.54) is 12.1 Å². The van der Waals surface area contributed by atoms with Gasteiger partial charge in [0.15, 0.2) is 0 Å². The van der Waals surface area contributed by atoms with E-state index >= 15 is 0 Å². The molecule has 1 heterocycles. The van der Waals surface area contributed by atoms with Crippen molar-refractivity contribution in [2.75, 3.05) is 26.0 Å². The fraction of sp³-hybridized carbons (Fsp3) is 0.148. The standard InChI is InChI=1S/C27H23FN4O2/c1-30-24-11-10-22(19-4-3-5-20(13-19)26(33)31-2)23-16-32(27(34)25(23)24)15-18(14-29)12-17-6-8-21(28)9-7-17/h3-13,30H,15-16H2,1-2H3,(H,31,33)/b18-12+. The molecule has 2 N–H and O–H groups in total. The molecule has 3 aromatic carbocycles. The largest absolute Gasteiger partial charge is 0.387 e. The number of fused-ring (bicyclic) bond motifs is 1. The van der Waals surface area contributed by atoms with Crippen LogP contribution in [-0.4, -0.2) is 37.4 Å². The highest BCUT2D eigenvalue weighted by Crippen LogP contribution is 2.37. The molecule has 7 heteroatoms. The average Bonchev–Trinajstić information content (AvgIpc) is 3.19. The molecule has 0 atom stereocenters. The lowest BCUT2D eigenvalue weighted by Crippen LogP contribution is -2.26. The highest BCUT2D eigenvalue weighted by atomic mass is 19.1. The summed E-state index contributed by atoms with van der Waals surface area (Å²) in [6.45, 7) is 0.452. The summed E-state index contributed by atoms with van der Waals surface area (Å²) in [5, 5.41) is 15.4. The van der Waals surface area contributed by atoms with E-state index in [0.29, 0.717) is 34.5 Å². The number of benzene rings is 3. The zero-order valence-electron chi connectivity index (χ0n) is 18.9. The summed E-state index contributed by atoms with van der Waals surface area (Å²) >= 11 is 0. The minimum Gasteiger partial charge on any atom is -0.387 e. The van der Waals surface area contributed by atoms with E-state index in [1.54, 1.807) is 49.3 Å². The number of nitriles is 1. The van der Waals surface area contributed by atoms with Crippen LogP contribution in [0, 0.1) is 17.1 Å². The second kappa shape index (κ2) is 9.59. The van der Waals surface area contributed by atoms with Gasteiger partial charge in [-0.15, -0.1) is 0 Å².